The number of hydrogen-bond acceptors (Lipinski definition) is 4. The van der Waals surface area contributed by atoms with Gasteiger partial charge >= 0.3 is 0 Å². The predicted molar refractivity (Wildman–Crippen MR) is 72.2 cm³/mol. The summed E-state index contributed by atoms with van der Waals surface area (Å²) >= 11 is 1.76. The van der Waals surface area contributed by atoms with Crippen molar-refractivity contribution in [1.82, 2.24) is 5.32 Å². The highest BCUT2D eigenvalue weighted by atomic mass is 32.2. The fourth-order valence-corrected chi connectivity index (χ4v) is 4.59. The molecule has 0 saturated carbocycles. The molecule has 0 amide bonds. The number of rotatable bonds is 4. The van der Waals surface area contributed by atoms with Crippen LogP contribution in [0.1, 0.15) is 37.1 Å². The van der Waals surface area contributed by atoms with Gasteiger partial charge < -0.3 is 5.32 Å². The van der Waals surface area contributed by atoms with Crippen LogP contribution in [0.25, 0.3) is 0 Å². The van der Waals surface area contributed by atoms with Gasteiger partial charge in [-0.25, -0.2) is 8.42 Å². The molecule has 1 saturated heterocycles. The van der Waals surface area contributed by atoms with Crippen LogP contribution in [0.2, 0.25) is 0 Å². The maximum Gasteiger partial charge on any atom is 0.150 e. The fraction of sp³-hybridized carbons (Fsp3) is 0.667. The van der Waals surface area contributed by atoms with Gasteiger partial charge in [0.25, 0.3) is 0 Å². The highest BCUT2D eigenvalue weighted by Crippen LogP contribution is 2.24. The average molecular weight is 273 g/mol. The van der Waals surface area contributed by atoms with Crippen LogP contribution in [-0.4, -0.2) is 26.0 Å². The van der Waals surface area contributed by atoms with Crippen molar-refractivity contribution in [1.29, 1.82) is 0 Å². The molecule has 1 N–H and O–H groups in total. The fourth-order valence-electron chi connectivity index (χ4n) is 2.23. The van der Waals surface area contributed by atoms with Crippen molar-refractivity contribution in [2.75, 3.05) is 11.5 Å². The van der Waals surface area contributed by atoms with Crippen LogP contribution in [0.15, 0.2) is 17.5 Å². The Bertz CT molecular complexity index is 425. The van der Waals surface area contributed by atoms with E-state index in [0.29, 0.717) is 23.6 Å². The van der Waals surface area contributed by atoms with E-state index >= 15 is 0 Å². The van der Waals surface area contributed by atoms with Crippen LogP contribution >= 0.6 is 11.3 Å². The molecule has 0 bridgehead atoms. The predicted octanol–water partition coefficient (Wildman–Crippen LogP) is 2.37. The van der Waals surface area contributed by atoms with E-state index < -0.39 is 9.84 Å². The Morgan fingerprint density at radius 1 is 1.47 bits per heavy atom. The summed E-state index contributed by atoms with van der Waals surface area (Å²) in [7, 11) is -2.75. The minimum atomic E-state index is -2.75. The van der Waals surface area contributed by atoms with Crippen LogP contribution in [-0.2, 0) is 9.84 Å². The molecule has 3 nitrogen and oxygen atoms in total. The Morgan fingerprint density at radius 2 is 2.18 bits per heavy atom. The van der Waals surface area contributed by atoms with E-state index in [0.717, 1.165) is 19.3 Å². The van der Waals surface area contributed by atoms with Crippen LogP contribution in [0, 0.1) is 0 Å². The minimum Gasteiger partial charge on any atom is -0.306 e. The average Bonchev–Trinajstić information content (AvgIpc) is 2.81. The molecular formula is C12H19NO2S2. The van der Waals surface area contributed by atoms with E-state index in [-0.39, 0.29) is 0 Å². The first-order valence-corrected chi connectivity index (χ1v) is 8.80. The number of thiophene rings is 1. The SMILES string of the molecule is CCC(NC1CCS(=O)(=O)CC1)c1cccs1. The molecule has 1 fully saturated rings. The van der Waals surface area contributed by atoms with E-state index in [1.165, 1.54) is 4.88 Å². The molecule has 0 aromatic carbocycles. The van der Waals surface area contributed by atoms with E-state index in [9.17, 15) is 8.42 Å². The largest absolute Gasteiger partial charge is 0.306 e. The second-order valence-electron chi connectivity index (χ2n) is 4.57. The van der Waals surface area contributed by atoms with Gasteiger partial charge in [-0.2, -0.15) is 0 Å². The van der Waals surface area contributed by atoms with Gasteiger partial charge in [-0.05, 0) is 30.7 Å². The molecule has 2 heterocycles. The Balaban J connectivity index is 1.92. The van der Waals surface area contributed by atoms with Crippen LogP contribution in [0.5, 0.6) is 0 Å². The first-order chi connectivity index (χ1) is 8.11. The van der Waals surface area contributed by atoms with Crippen LogP contribution in [0.3, 0.4) is 0 Å². The molecule has 1 aliphatic heterocycles. The quantitative estimate of drug-likeness (QED) is 0.916. The molecule has 1 unspecified atom stereocenters. The molecule has 1 aromatic heterocycles. The molecule has 17 heavy (non-hydrogen) atoms. The highest BCUT2D eigenvalue weighted by Gasteiger charge is 2.25. The third-order valence-corrected chi connectivity index (χ3v) is 5.99. The molecule has 0 radical (unpaired) electrons. The third-order valence-electron chi connectivity index (χ3n) is 3.29. The zero-order chi connectivity index (χ0) is 12.3. The zero-order valence-electron chi connectivity index (χ0n) is 10.1. The van der Waals surface area contributed by atoms with Gasteiger partial charge in [0.05, 0.1) is 11.5 Å². The van der Waals surface area contributed by atoms with Crippen molar-refractivity contribution in [2.45, 2.75) is 38.3 Å². The minimum absolute atomic E-state index is 0.339. The van der Waals surface area contributed by atoms with Crippen LogP contribution in [0.4, 0.5) is 0 Å². The van der Waals surface area contributed by atoms with Gasteiger partial charge in [-0.15, -0.1) is 11.3 Å². The number of sulfone groups is 1. The number of hydrogen-bond donors (Lipinski definition) is 1. The van der Waals surface area contributed by atoms with Crippen molar-refractivity contribution >= 4 is 21.2 Å². The molecule has 96 valence electrons. The summed E-state index contributed by atoms with van der Waals surface area (Å²) in [5, 5.41) is 5.68. The second kappa shape index (κ2) is 5.50. The van der Waals surface area contributed by atoms with Crippen molar-refractivity contribution in [3.05, 3.63) is 22.4 Å². The molecule has 1 aliphatic rings. The Kier molecular flexibility index (Phi) is 4.22. The van der Waals surface area contributed by atoms with Crippen molar-refractivity contribution in [3.8, 4) is 0 Å². The molecule has 5 heteroatoms. The summed E-state index contributed by atoms with van der Waals surface area (Å²) in [5.41, 5.74) is 0. The maximum atomic E-state index is 11.4. The molecule has 2 rings (SSSR count). The van der Waals surface area contributed by atoms with E-state index in [1.807, 2.05) is 0 Å². The highest BCUT2D eigenvalue weighted by molar-refractivity contribution is 7.91. The lowest BCUT2D eigenvalue weighted by Crippen LogP contribution is -2.39. The number of nitrogens with one attached hydrogen (secondary N) is 1. The van der Waals surface area contributed by atoms with Crippen LogP contribution < -0.4 is 5.32 Å². The topological polar surface area (TPSA) is 46.2 Å². The van der Waals surface area contributed by atoms with Crippen molar-refractivity contribution in [2.24, 2.45) is 0 Å². The van der Waals surface area contributed by atoms with Crippen molar-refractivity contribution in [3.63, 3.8) is 0 Å². The van der Waals surface area contributed by atoms with Gasteiger partial charge in [0, 0.05) is 17.0 Å². The maximum absolute atomic E-state index is 11.4. The third kappa shape index (κ3) is 3.53. The summed E-state index contributed by atoms with van der Waals surface area (Å²) < 4.78 is 22.7. The van der Waals surface area contributed by atoms with E-state index in [4.69, 9.17) is 0 Å². The van der Waals surface area contributed by atoms with E-state index in [2.05, 4.69) is 29.8 Å². The summed E-state index contributed by atoms with van der Waals surface area (Å²) in [6.07, 6.45) is 2.55. The summed E-state index contributed by atoms with van der Waals surface area (Å²) in [5.74, 6) is 0.678. The first kappa shape index (κ1) is 13.1. The van der Waals surface area contributed by atoms with Gasteiger partial charge in [0.15, 0.2) is 0 Å². The molecular weight excluding hydrogens is 254 g/mol. The summed E-state index contributed by atoms with van der Waals surface area (Å²) in [6.45, 7) is 2.16. The van der Waals surface area contributed by atoms with Gasteiger partial charge in [0.1, 0.15) is 9.84 Å². The first-order valence-electron chi connectivity index (χ1n) is 6.10. The lowest BCUT2D eigenvalue weighted by Gasteiger charge is -2.27. The Hall–Kier alpha value is -0.390. The Labute approximate surface area is 107 Å². The van der Waals surface area contributed by atoms with Gasteiger partial charge in [0.2, 0.25) is 0 Å². The lowest BCUT2D eigenvalue weighted by molar-refractivity contribution is 0.401. The standard InChI is InChI=1S/C12H19NO2S2/c1-2-11(12-4-3-7-16-12)13-10-5-8-17(14,15)9-6-10/h3-4,7,10-11,13H,2,5-6,8-9H2,1H3. The van der Waals surface area contributed by atoms with E-state index in [1.54, 1.807) is 11.3 Å². The Morgan fingerprint density at radius 3 is 2.71 bits per heavy atom. The molecule has 1 atom stereocenters. The van der Waals surface area contributed by atoms with Crippen molar-refractivity contribution < 1.29 is 8.42 Å². The molecule has 0 spiro atoms. The van der Waals surface area contributed by atoms with Gasteiger partial charge in [-0.1, -0.05) is 13.0 Å². The molecule has 0 aliphatic carbocycles. The second-order valence-corrected chi connectivity index (χ2v) is 7.85. The monoisotopic (exact) mass is 273 g/mol. The zero-order valence-corrected chi connectivity index (χ0v) is 11.7. The normalized spacial score (nSPS) is 22.4. The lowest BCUT2D eigenvalue weighted by atomic mass is 10.1. The summed E-state index contributed by atoms with van der Waals surface area (Å²) in [6, 6.07) is 4.94. The smallest absolute Gasteiger partial charge is 0.150 e. The summed E-state index contributed by atoms with van der Waals surface area (Å²) in [4.78, 5) is 1.35. The van der Waals surface area contributed by atoms with Gasteiger partial charge in [-0.3, -0.25) is 0 Å². The molecule has 1 aromatic rings.